The molecule has 7 nitrogen and oxygen atoms in total. The Morgan fingerprint density at radius 1 is 1.21 bits per heavy atom. The molecule has 0 aliphatic heterocycles. The third-order valence-corrected chi connectivity index (χ3v) is 3.37. The predicted molar refractivity (Wildman–Crippen MR) is 93.2 cm³/mol. The van der Waals surface area contributed by atoms with E-state index in [9.17, 15) is 14.7 Å². The summed E-state index contributed by atoms with van der Waals surface area (Å²) in [5.41, 5.74) is 3.19. The van der Waals surface area contributed by atoms with Crippen LogP contribution in [-0.4, -0.2) is 30.2 Å². The summed E-state index contributed by atoms with van der Waals surface area (Å²) in [4.78, 5) is 23.4. The summed E-state index contributed by atoms with van der Waals surface area (Å²) < 4.78 is 5.74. The summed E-state index contributed by atoms with van der Waals surface area (Å²) in [7, 11) is 1.42. The van der Waals surface area contributed by atoms with Gasteiger partial charge in [-0.2, -0.15) is 5.10 Å². The molecule has 0 heterocycles. The van der Waals surface area contributed by atoms with E-state index in [2.05, 4.69) is 31.8 Å². The van der Waals surface area contributed by atoms with Crippen molar-refractivity contribution in [3.63, 3.8) is 0 Å². The molecule has 0 aliphatic carbocycles. The van der Waals surface area contributed by atoms with Crippen LogP contribution in [0.2, 0.25) is 0 Å². The highest BCUT2D eigenvalue weighted by Gasteiger charge is 2.12. The van der Waals surface area contributed by atoms with Crippen molar-refractivity contribution in [1.82, 2.24) is 5.43 Å². The Morgan fingerprint density at radius 3 is 2.71 bits per heavy atom. The Bertz CT molecular complexity index is 793. The molecule has 2 amide bonds. The number of hydrogen-bond donors (Lipinski definition) is 3. The molecule has 0 unspecified atom stereocenters. The average molecular weight is 392 g/mol. The van der Waals surface area contributed by atoms with Crippen molar-refractivity contribution in [3.8, 4) is 11.5 Å². The number of halogens is 1. The molecule has 8 heteroatoms. The molecule has 0 aliphatic rings. The number of ether oxygens (including phenoxy) is 1. The van der Waals surface area contributed by atoms with E-state index in [4.69, 9.17) is 4.74 Å². The van der Waals surface area contributed by atoms with Crippen LogP contribution in [0.1, 0.15) is 5.56 Å². The molecule has 0 fully saturated rings. The number of phenols is 1. The summed E-state index contributed by atoms with van der Waals surface area (Å²) in [6, 6.07) is 11.4. The molecule has 0 spiro atoms. The first kappa shape index (κ1) is 17.5. The van der Waals surface area contributed by atoms with Gasteiger partial charge in [-0.05, 0) is 42.0 Å². The first-order chi connectivity index (χ1) is 11.5. The van der Waals surface area contributed by atoms with Crippen LogP contribution in [-0.2, 0) is 9.59 Å². The van der Waals surface area contributed by atoms with Crippen LogP contribution in [0.25, 0.3) is 0 Å². The third kappa shape index (κ3) is 4.82. The SMILES string of the molecule is COc1cc(/C=N/NC(=O)C(=O)Nc2cccc(Br)c2)ccc1O. The fraction of sp³-hybridized carbons (Fsp3) is 0.0625. The van der Waals surface area contributed by atoms with Gasteiger partial charge in [-0.3, -0.25) is 9.59 Å². The van der Waals surface area contributed by atoms with Crippen molar-refractivity contribution < 1.29 is 19.4 Å². The highest BCUT2D eigenvalue weighted by molar-refractivity contribution is 9.10. The van der Waals surface area contributed by atoms with Gasteiger partial charge in [0.05, 0.1) is 13.3 Å². The highest BCUT2D eigenvalue weighted by atomic mass is 79.9. The maximum absolute atomic E-state index is 11.7. The number of benzene rings is 2. The Morgan fingerprint density at radius 2 is 2.00 bits per heavy atom. The number of hydrazone groups is 1. The van der Waals surface area contributed by atoms with E-state index in [0.29, 0.717) is 11.3 Å². The van der Waals surface area contributed by atoms with Crippen molar-refractivity contribution in [3.05, 3.63) is 52.5 Å². The Labute approximate surface area is 146 Å². The molecule has 24 heavy (non-hydrogen) atoms. The molecule has 2 aromatic carbocycles. The standard InChI is InChI=1S/C16H14BrN3O4/c1-24-14-7-10(5-6-13(14)21)9-18-20-16(23)15(22)19-12-4-2-3-11(17)8-12/h2-9,21H,1H3,(H,19,22)(H,20,23)/b18-9+. The zero-order chi connectivity index (χ0) is 17.5. The van der Waals surface area contributed by atoms with Crippen molar-refractivity contribution in [2.75, 3.05) is 12.4 Å². The van der Waals surface area contributed by atoms with Crippen molar-refractivity contribution in [2.24, 2.45) is 5.10 Å². The van der Waals surface area contributed by atoms with Gasteiger partial charge in [0, 0.05) is 10.2 Å². The molecule has 0 atom stereocenters. The Hall–Kier alpha value is -2.87. The van der Waals surface area contributed by atoms with Gasteiger partial charge < -0.3 is 15.2 Å². The van der Waals surface area contributed by atoms with E-state index in [0.717, 1.165) is 4.47 Å². The normalized spacial score (nSPS) is 10.4. The second-order valence-electron chi connectivity index (χ2n) is 4.59. The lowest BCUT2D eigenvalue weighted by Gasteiger charge is -2.04. The molecule has 124 valence electrons. The maximum Gasteiger partial charge on any atom is 0.329 e. The second-order valence-corrected chi connectivity index (χ2v) is 5.51. The van der Waals surface area contributed by atoms with E-state index < -0.39 is 11.8 Å². The van der Waals surface area contributed by atoms with Crippen LogP contribution < -0.4 is 15.5 Å². The van der Waals surface area contributed by atoms with Gasteiger partial charge in [-0.25, -0.2) is 5.43 Å². The number of carbonyl (C=O) groups excluding carboxylic acids is 2. The molecule has 0 aromatic heterocycles. The summed E-state index contributed by atoms with van der Waals surface area (Å²) in [6.07, 6.45) is 1.33. The van der Waals surface area contributed by atoms with Gasteiger partial charge in [0.15, 0.2) is 11.5 Å². The van der Waals surface area contributed by atoms with Gasteiger partial charge >= 0.3 is 11.8 Å². The van der Waals surface area contributed by atoms with E-state index in [-0.39, 0.29) is 11.5 Å². The van der Waals surface area contributed by atoms with Gasteiger partial charge in [0.2, 0.25) is 0 Å². The van der Waals surface area contributed by atoms with Crippen LogP contribution in [0.3, 0.4) is 0 Å². The van der Waals surface area contributed by atoms with Gasteiger partial charge in [-0.1, -0.05) is 22.0 Å². The number of phenolic OH excluding ortho intramolecular Hbond substituents is 1. The fourth-order valence-corrected chi connectivity index (χ4v) is 2.14. The van der Waals surface area contributed by atoms with E-state index in [1.165, 1.54) is 25.5 Å². The molecular formula is C16H14BrN3O4. The minimum Gasteiger partial charge on any atom is -0.504 e. The minimum atomic E-state index is -0.906. The van der Waals surface area contributed by atoms with Crippen LogP contribution in [0, 0.1) is 0 Å². The molecule has 0 radical (unpaired) electrons. The molecule has 2 rings (SSSR count). The van der Waals surface area contributed by atoms with Crippen LogP contribution in [0.15, 0.2) is 52.0 Å². The van der Waals surface area contributed by atoms with E-state index >= 15 is 0 Å². The number of rotatable bonds is 4. The first-order valence-electron chi connectivity index (χ1n) is 6.76. The number of anilines is 1. The van der Waals surface area contributed by atoms with Crippen molar-refractivity contribution >= 4 is 39.6 Å². The summed E-state index contributed by atoms with van der Waals surface area (Å²) >= 11 is 3.27. The van der Waals surface area contributed by atoms with Crippen molar-refractivity contribution in [2.45, 2.75) is 0 Å². The van der Waals surface area contributed by atoms with Crippen LogP contribution >= 0.6 is 15.9 Å². The molecule has 2 aromatic rings. The van der Waals surface area contributed by atoms with Crippen LogP contribution in [0.4, 0.5) is 5.69 Å². The zero-order valence-corrected chi connectivity index (χ0v) is 14.2. The summed E-state index contributed by atoms with van der Waals surface area (Å²) in [5.74, 6) is -1.48. The molecule has 3 N–H and O–H groups in total. The lowest BCUT2D eigenvalue weighted by molar-refractivity contribution is -0.136. The highest BCUT2D eigenvalue weighted by Crippen LogP contribution is 2.25. The van der Waals surface area contributed by atoms with Gasteiger partial charge in [-0.15, -0.1) is 0 Å². The maximum atomic E-state index is 11.7. The lowest BCUT2D eigenvalue weighted by Crippen LogP contribution is -2.32. The molecular weight excluding hydrogens is 378 g/mol. The summed E-state index contributed by atoms with van der Waals surface area (Å²) in [5, 5.41) is 15.6. The van der Waals surface area contributed by atoms with E-state index in [1.54, 1.807) is 30.3 Å². The lowest BCUT2D eigenvalue weighted by atomic mass is 10.2. The smallest absolute Gasteiger partial charge is 0.329 e. The number of amides is 2. The largest absolute Gasteiger partial charge is 0.504 e. The number of nitrogens with one attached hydrogen (secondary N) is 2. The van der Waals surface area contributed by atoms with E-state index in [1.807, 2.05) is 0 Å². The monoisotopic (exact) mass is 391 g/mol. The average Bonchev–Trinajstić information content (AvgIpc) is 2.56. The summed E-state index contributed by atoms with van der Waals surface area (Å²) in [6.45, 7) is 0. The quantitative estimate of drug-likeness (QED) is 0.422. The predicted octanol–water partition coefficient (Wildman–Crippen LogP) is 2.25. The molecule has 0 bridgehead atoms. The number of carbonyl (C=O) groups is 2. The second kappa shape index (κ2) is 8.11. The number of aromatic hydroxyl groups is 1. The molecule has 0 saturated carbocycles. The number of hydrogen-bond acceptors (Lipinski definition) is 5. The number of nitrogens with zero attached hydrogens (tertiary/aromatic N) is 1. The Kier molecular flexibility index (Phi) is 5.91. The fourth-order valence-electron chi connectivity index (χ4n) is 1.74. The van der Waals surface area contributed by atoms with Gasteiger partial charge in [0.1, 0.15) is 0 Å². The third-order valence-electron chi connectivity index (χ3n) is 2.87. The Balaban J connectivity index is 1.93. The zero-order valence-electron chi connectivity index (χ0n) is 12.6. The first-order valence-corrected chi connectivity index (χ1v) is 7.56. The van der Waals surface area contributed by atoms with Gasteiger partial charge in [0.25, 0.3) is 0 Å². The van der Waals surface area contributed by atoms with Crippen molar-refractivity contribution in [1.29, 1.82) is 0 Å². The minimum absolute atomic E-state index is 0.00733. The molecule has 0 saturated heterocycles. The number of methoxy groups -OCH3 is 1. The topological polar surface area (TPSA) is 100 Å². The van der Waals surface area contributed by atoms with Crippen LogP contribution in [0.5, 0.6) is 11.5 Å².